The van der Waals surface area contributed by atoms with Gasteiger partial charge in [-0.25, -0.2) is 9.13 Å². The summed E-state index contributed by atoms with van der Waals surface area (Å²) in [4.78, 5) is 72.3. The van der Waals surface area contributed by atoms with Crippen LogP contribution in [0.25, 0.3) is 0 Å². The van der Waals surface area contributed by atoms with Crippen molar-refractivity contribution in [2.24, 2.45) is 5.92 Å². The van der Waals surface area contributed by atoms with Crippen LogP contribution in [0.4, 0.5) is 0 Å². The van der Waals surface area contributed by atoms with Gasteiger partial charge in [0.1, 0.15) is 19.3 Å². The highest BCUT2D eigenvalue weighted by Gasteiger charge is 2.30. The third kappa shape index (κ3) is 64.6. The SMILES string of the molecule is CCCCCCCCCCCCCCCCCCCCC(=O)O[C@H](COC(=O)CCCCCCCCCCCCCCCCC)COP(=O)(O)OC[C@@H](O)COP(=O)(O)OC[C@@H](COC(=O)CCCCCCC)OC(=O)CCCCCCCCCCC(C)C. The summed E-state index contributed by atoms with van der Waals surface area (Å²) in [6.45, 7) is 7.12. The van der Waals surface area contributed by atoms with Gasteiger partial charge in [-0.1, -0.05) is 311 Å². The number of carbonyl (C=O) groups excluding carboxylic acids is 4. The van der Waals surface area contributed by atoms with E-state index < -0.39 is 97.5 Å². The number of phosphoric acid groups is 2. The molecule has 5 atom stereocenters. The molecule has 0 radical (unpaired) electrons. The third-order valence-electron chi connectivity index (χ3n) is 16.3. The maximum absolute atomic E-state index is 13.0. The van der Waals surface area contributed by atoms with Crippen LogP contribution in [0.15, 0.2) is 0 Å². The van der Waals surface area contributed by atoms with Crippen molar-refractivity contribution in [3.8, 4) is 0 Å². The molecular weight excluding hydrogens is 1170 g/mol. The lowest BCUT2D eigenvalue weighted by Gasteiger charge is -2.21. The molecule has 0 saturated carbocycles. The molecule has 19 heteroatoms. The zero-order valence-corrected chi connectivity index (χ0v) is 59.4. The van der Waals surface area contributed by atoms with E-state index in [1.165, 1.54) is 180 Å². The predicted molar refractivity (Wildman–Crippen MR) is 358 cm³/mol. The highest BCUT2D eigenvalue weighted by Crippen LogP contribution is 2.45. The Hall–Kier alpha value is -1.94. The lowest BCUT2D eigenvalue weighted by molar-refractivity contribution is -0.161. The van der Waals surface area contributed by atoms with Gasteiger partial charge >= 0.3 is 39.5 Å². The zero-order chi connectivity index (χ0) is 65.6. The van der Waals surface area contributed by atoms with E-state index in [0.29, 0.717) is 25.7 Å². The quantitative estimate of drug-likeness (QED) is 0.0222. The van der Waals surface area contributed by atoms with Crippen molar-refractivity contribution in [2.75, 3.05) is 39.6 Å². The van der Waals surface area contributed by atoms with Crippen molar-refractivity contribution in [2.45, 2.75) is 380 Å². The van der Waals surface area contributed by atoms with Gasteiger partial charge in [0.2, 0.25) is 0 Å². The Balaban J connectivity index is 5.15. The number of esters is 4. The monoisotopic (exact) mass is 1310 g/mol. The molecule has 0 fully saturated rings. The zero-order valence-electron chi connectivity index (χ0n) is 57.6. The number of aliphatic hydroxyl groups is 1. The van der Waals surface area contributed by atoms with Crippen molar-refractivity contribution < 1.29 is 80.2 Å². The van der Waals surface area contributed by atoms with Crippen LogP contribution in [0.3, 0.4) is 0 Å². The summed E-state index contributed by atoms with van der Waals surface area (Å²) in [5, 5.41) is 10.6. The fourth-order valence-electron chi connectivity index (χ4n) is 10.6. The minimum absolute atomic E-state index is 0.104. The lowest BCUT2D eigenvalue weighted by Crippen LogP contribution is -2.30. The topological polar surface area (TPSA) is 237 Å². The summed E-state index contributed by atoms with van der Waals surface area (Å²) in [7, 11) is -9.89. The summed E-state index contributed by atoms with van der Waals surface area (Å²) >= 11 is 0. The maximum Gasteiger partial charge on any atom is 0.472 e. The van der Waals surface area contributed by atoms with E-state index in [1.807, 2.05) is 0 Å². The number of aliphatic hydroxyl groups excluding tert-OH is 1. The van der Waals surface area contributed by atoms with E-state index in [2.05, 4.69) is 34.6 Å². The molecule has 0 spiro atoms. The first kappa shape index (κ1) is 87.1. The molecule has 0 amide bonds. The second-order valence-corrected chi connectivity index (χ2v) is 28.7. The normalized spacial score (nSPS) is 14.1. The fourth-order valence-corrected chi connectivity index (χ4v) is 12.2. The van der Waals surface area contributed by atoms with Gasteiger partial charge < -0.3 is 33.8 Å². The van der Waals surface area contributed by atoms with Gasteiger partial charge in [-0.05, 0) is 31.6 Å². The maximum atomic E-state index is 13.0. The molecule has 0 aliphatic carbocycles. The Labute approximate surface area is 543 Å². The Morgan fingerprint density at radius 1 is 0.303 bits per heavy atom. The van der Waals surface area contributed by atoms with Crippen LogP contribution in [0.5, 0.6) is 0 Å². The number of hydrogen-bond acceptors (Lipinski definition) is 15. The van der Waals surface area contributed by atoms with Crippen molar-refractivity contribution in [1.82, 2.24) is 0 Å². The Kier molecular flexibility index (Phi) is 62.1. The molecule has 0 aromatic carbocycles. The first-order valence-corrected chi connectivity index (χ1v) is 39.6. The van der Waals surface area contributed by atoms with Gasteiger partial charge in [-0.3, -0.25) is 37.3 Å². The van der Waals surface area contributed by atoms with Gasteiger partial charge in [-0.15, -0.1) is 0 Å². The summed E-state index contributed by atoms with van der Waals surface area (Å²) in [6.07, 6.45) is 50.4. The first-order chi connectivity index (χ1) is 43.0. The van der Waals surface area contributed by atoms with Gasteiger partial charge in [0, 0.05) is 25.7 Å². The molecule has 0 aromatic rings. The van der Waals surface area contributed by atoms with Crippen molar-refractivity contribution >= 4 is 39.5 Å². The molecule has 0 saturated heterocycles. The smallest absolute Gasteiger partial charge is 0.462 e. The molecule has 528 valence electrons. The average Bonchev–Trinajstić information content (AvgIpc) is 3.72. The minimum Gasteiger partial charge on any atom is -0.462 e. The van der Waals surface area contributed by atoms with E-state index in [4.69, 9.17) is 37.0 Å². The molecule has 0 rings (SSSR count). The van der Waals surface area contributed by atoms with E-state index in [-0.39, 0.29) is 25.7 Å². The molecule has 89 heavy (non-hydrogen) atoms. The lowest BCUT2D eigenvalue weighted by atomic mass is 10.0. The van der Waals surface area contributed by atoms with Gasteiger partial charge in [-0.2, -0.15) is 0 Å². The highest BCUT2D eigenvalue weighted by molar-refractivity contribution is 7.47. The standard InChI is InChI=1S/C70H136O17P2/c1-6-9-12-15-17-19-21-23-25-26-27-29-31-33-35-40-45-50-55-69(74)87-66(60-81-68(73)54-49-44-39-34-32-30-28-24-22-20-18-16-13-10-7-2)62-85-89(78,79)83-58-64(71)57-82-88(76,77)84-61-65(59-80-67(72)53-48-42-14-11-8-3)86-70(75)56-51-46-41-37-36-38-43-47-52-63(4)5/h63-66,71H,6-62H2,1-5H3,(H,76,77)(H,78,79)/t64-,65+,66+/m0/s1. The van der Waals surface area contributed by atoms with Crippen LogP contribution in [0, 0.1) is 5.92 Å². The van der Waals surface area contributed by atoms with E-state index in [0.717, 1.165) is 102 Å². The molecule has 0 aliphatic rings. The van der Waals surface area contributed by atoms with Crippen LogP contribution < -0.4 is 0 Å². The number of ether oxygens (including phenoxy) is 4. The number of hydrogen-bond donors (Lipinski definition) is 3. The molecular formula is C70H136O17P2. The summed E-state index contributed by atoms with van der Waals surface area (Å²) in [6, 6.07) is 0. The second kappa shape index (κ2) is 63.5. The molecule has 2 unspecified atom stereocenters. The Bertz CT molecular complexity index is 1720. The second-order valence-electron chi connectivity index (χ2n) is 25.7. The number of rotatable bonds is 70. The first-order valence-electron chi connectivity index (χ1n) is 36.6. The summed E-state index contributed by atoms with van der Waals surface area (Å²) in [5.74, 6) is -1.42. The highest BCUT2D eigenvalue weighted by atomic mass is 31.2. The summed E-state index contributed by atoms with van der Waals surface area (Å²) in [5.41, 5.74) is 0. The van der Waals surface area contributed by atoms with E-state index >= 15 is 0 Å². The van der Waals surface area contributed by atoms with E-state index in [9.17, 15) is 43.2 Å². The van der Waals surface area contributed by atoms with Gasteiger partial charge in [0.15, 0.2) is 12.2 Å². The van der Waals surface area contributed by atoms with E-state index in [1.54, 1.807) is 0 Å². The molecule has 0 aromatic heterocycles. The van der Waals surface area contributed by atoms with Crippen molar-refractivity contribution in [3.05, 3.63) is 0 Å². The van der Waals surface area contributed by atoms with Gasteiger partial charge in [0.05, 0.1) is 26.4 Å². The Morgan fingerprint density at radius 3 is 0.764 bits per heavy atom. The summed E-state index contributed by atoms with van der Waals surface area (Å²) < 4.78 is 68.1. The number of phosphoric ester groups is 2. The van der Waals surface area contributed by atoms with Crippen molar-refractivity contribution in [1.29, 1.82) is 0 Å². The largest absolute Gasteiger partial charge is 0.472 e. The van der Waals surface area contributed by atoms with Crippen molar-refractivity contribution in [3.63, 3.8) is 0 Å². The van der Waals surface area contributed by atoms with Crippen LogP contribution in [-0.2, 0) is 65.4 Å². The van der Waals surface area contributed by atoms with Crippen LogP contribution in [0.2, 0.25) is 0 Å². The third-order valence-corrected chi connectivity index (χ3v) is 18.2. The molecule has 0 heterocycles. The Morgan fingerprint density at radius 2 is 0.517 bits per heavy atom. The molecule has 0 aliphatic heterocycles. The van der Waals surface area contributed by atoms with Crippen LogP contribution in [0.1, 0.15) is 362 Å². The van der Waals surface area contributed by atoms with Crippen LogP contribution in [-0.4, -0.2) is 96.7 Å². The molecule has 0 bridgehead atoms. The number of unbranched alkanes of at least 4 members (excludes halogenated alkanes) is 42. The fraction of sp³-hybridized carbons (Fsp3) is 0.943. The van der Waals surface area contributed by atoms with Crippen LogP contribution >= 0.6 is 15.6 Å². The predicted octanol–water partition coefficient (Wildman–Crippen LogP) is 20.1. The average molecular weight is 1310 g/mol. The number of carbonyl (C=O) groups is 4. The minimum atomic E-state index is -4.95. The van der Waals surface area contributed by atoms with Gasteiger partial charge in [0.25, 0.3) is 0 Å². The molecule has 17 nitrogen and oxygen atoms in total. The molecule has 3 N–H and O–H groups in total.